The molecule has 10 nitrogen and oxygen atoms in total. The van der Waals surface area contributed by atoms with Crippen LogP contribution in [0.25, 0.3) is 0 Å². The first-order valence-electron chi connectivity index (χ1n) is 12.7. The monoisotopic (exact) mass is 492 g/mol. The lowest BCUT2D eigenvalue weighted by atomic mass is 9.92. The SMILES string of the molecule is CCOc1ccc(CCCC(C(=O)N2CCN(CCN3CCOCC3)CC2)[C@H](O)C(=O)NO)cc1. The third-order valence-corrected chi connectivity index (χ3v) is 6.81. The van der Waals surface area contributed by atoms with Crippen LogP contribution in [0.15, 0.2) is 24.3 Å². The van der Waals surface area contributed by atoms with Gasteiger partial charge in [-0.3, -0.25) is 24.6 Å². The van der Waals surface area contributed by atoms with E-state index in [9.17, 15) is 14.7 Å². The van der Waals surface area contributed by atoms with Crippen LogP contribution >= 0.6 is 0 Å². The van der Waals surface area contributed by atoms with Crippen LogP contribution < -0.4 is 10.2 Å². The van der Waals surface area contributed by atoms with Gasteiger partial charge in [0.2, 0.25) is 5.91 Å². The van der Waals surface area contributed by atoms with E-state index in [4.69, 9.17) is 14.7 Å². The van der Waals surface area contributed by atoms with E-state index in [0.29, 0.717) is 39.0 Å². The van der Waals surface area contributed by atoms with Crippen molar-refractivity contribution in [2.24, 2.45) is 5.92 Å². The van der Waals surface area contributed by atoms with Crippen molar-refractivity contribution in [1.82, 2.24) is 20.2 Å². The van der Waals surface area contributed by atoms with Crippen molar-refractivity contribution in [3.05, 3.63) is 29.8 Å². The van der Waals surface area contributed by atoms with Gasteiger partial charge in [-0.1, -0.05) is 12.1 Å². The summed E-state index contributed by atoms with van der Waals surface area (Å²) in [5.74, 6) is -1.28. The van der Waals surface area contributed by atoms with Gasteiger partial charge in [-0.15, -0.1) is 0 Å². The largest absolute Gasteiger partial charge is 0.494 e. The molecule has 0 spiro atoms. The van der Waals surface area contributed by atoms with Gasteiger partial charge in [-0.05, 0) is 43.9 Å². The second-order valence-electron chi connectivity index (χ2n) is 9.12. The van der Waals surface area contributed by atoms with Crippen LogP contribution in [0, 0.1) is 5.92 Å². The Morgan fingerprint density at radius 1 is 1.03 bits per heavy atom. The Morgan fingerprint density at radius 2 is 1.66 bits per heavy atom. The molecule has 0 aromatic heterocycles. The third kappa shape index (κ3) is 8.43. The van der Waals surface area contributed by atoms with Crippen LogP contribution in [0.2, 0.25) is 0 Å². The van der Waals surface area contributed by atoms with Crippen LogP contribution in [-0.4, -0.2) is 115 Å². The van der Waals surface area contributed by atoms with Gasteiger partial charge < -0.3 is 19.5 Å². The van der Waals surface area contributed by atoms with Crippen molar-refractivity contribution in [2.75, 3.05) is 72.2 Å². The van der Waals surface area contributed by atoms with Crippen LogP contribution in [-0.2, 0) is 20.7 Å². The quantitative estimate of drug-likeness (QED) is 0.283. The molecular formula is C25H40N4O6. The maximum atomic E-state index is 13.3. The van der Waals surface area contributed by atoms with Gasteiger partial charge in [0.15, 0.2) is 0 Å². The molecule has 1 aromatic rings. The normalized spacial score (nSPS) is 19.2. The number of piperazine rings is 1. The molecule has 1 unspecified atom stereocenters. The zero-order chi connectivity index (χ0) is 25.0. The molecule has 2 heterocycles. The summed E-state index contributed by atoms with van der Waals surface area (Å²) in [7, 11) is 0. The number of hydroxylamine groups is 1. The lowest BCUT2D eigenvalue weighted by Crippen LogP contribution is -2.54. The fourth-order valence-electron chi connectivity index (χ4n) is 4.64. The first kappa shape index (κ1) is 27.3. The summed E-state index contributed by atoms with van der Waals surface area (Å²) in [4.78, 5) is 31.7. The predicted molar refractivity (Wildman–Crippen MR) is 130 cm³/mol. The van der Waals surface area contributed by atoms with E-state index in [1.54, 1.807) is 4.90 Å². The second kappa shape index (κ2) is 14.4. The minimum absolute atomic E-state index is 0.236. The molecule has 0 bridgehead atoms. The number of aryl methyl sites for hydroxylation is 1. The highest BCUT2D eigenvalue weighted by Gasteiger charge is 2.35. The van der Waals surface area contributed by atoms with Crippen molar-refractivity contribution in [3.8, 4) is 5.75 Å². The Morgan fingerprint density at radius 3 is 2.26 bits per heavy atom. The molecule has 3 N–H and O–H groups in total. The second-order valence-corrected chi connectivity index (χ2v) is 9.12. The number of nitrogens with one attached hydrogen (secondary N) is 1. The molecule has 2 aliphatic heterocycles. The lowest BCUT2D eigenvalue weighted by Gasteiger charge is -2.38. The molecule has 35 heavy (non-hydrogen) atoms. The average Bonchev–Trinajstić information content (AvgIpc) is 2.90. The zero-order valence-electron chi connectivity index (χ0n) is 20.7. The Hall–Kier alpha value is -2.24. The van der Waals surface area contributed by atoms with Crippen LogP contribution in [0.4, 0.5) is 0 Å². The number of hydrogen-bond donors (Lipinski definition) is 3. The summed E-state index contributed by atoms with van der Waals surface area (Å²) in [5.41, 5.74) is 2.58. The average molecular weight is 493 g/mol. The fraction of sp³-hybridized carbons (Fsp3) is 0.680. The number of carbonyl (C=O) groups excluding carboxylic acids is 2. The van der Waals surface area contributed by atoms with Gasteiger partial charge in [-0.2, -0.15) is 0 Å². The van der Waals surface area contributed by atoms with Crippen molar-refractivity contribution in [3.63, 3.8) is 0 Å². The van der Waals surface area contributed by atoms with Crippen molar-refractivity contribution in [1.29, 1.82) is 0 Å². The molecule has 0 saturated carbocycles. The smallest absolute Gasteiger partial charge is 0.272 e. The maximum Gasteiger partial charge on any atom is 0.272 e. The molecule has 10 heteroatoms. The molecule has 2 saturated heterocycles. The molecule has 3 rings (SSSR count). The van der Waals surface area contributed by atoms with Crippen LogP contribution in [0.5, 0.6) is 5.75 Å². The fourth-order valence-corrected chi connectivity index (χ4v) is 4.64. The summed E-state index contributed by atoms with van der Waals surface area (Å²) in [6.45, 7) is 10.6. The number of morpholine rings is 1. The zero-order valence-corrected chi connectivity index (χ0v) is 20.7. The summed E-state index contributed by atoms with van der Waals surface area (Å²) >= 11 is 0. The van der Waals surface area contributed by atoms with Gasteiger partial charge in [0.1, 0.15) is 11.9 Å². The summed E-state index contributed by atoms with van der Waals surface area (Å²) < 4.78 is 10.9. The van der Waals surface area contributed by atoms with Gasteiger partial charge >= 0.3 is 0 Å². The van der Waals surface area contributed by atoms with E-state index in [1.165, 1.54) is 5.48 Å². The van der Waals surface area contributed by atoms with Crippen molar-refractivity contribution in [2.45, 2.75) is 32.3 Å². The topological polar surface area (TPSA) is 115 Å². The van der Waals surface area contributed by atoms with Crippen molar-refractivity contribution >= 4 is 11.8 Å². The molecule has 2 aliphatic rings. The molecule has 196 valence electrons. The van der Waals surface area contributed by atoms with Crippen LogP contribution in [0.1, 0.15) is 25.3 Å². The van der Waals surface area contributed by atoms with Gasteiger partial charge in [0.05, 0.1) is 25.7 Å². The van der Waals surface area contributed by atoms with E-state index in [1.807, 2.05) is 31.2 Å². The van der Waals surface area contributed by atoms with E-state index in [-0.39, 0.29) is 5.91 Å². The van der Waals surface area contributed by atoms with Crippen molar-refractivity contribution < 1.29 is 29.4 Å². The molecule has 1 aromatic carbocycles. The van der Waals surface area contributed by atoms with E-state index in [0.717, 1.165) is 63.8 Å². The molecular weight excluding hydrogens is 452 g/mol. The maximum absolute atomic E-state index is 13.3. The van der Waals surface area contributed by atoms with E-state index in [2.05, 4.69) is 9.80 Å². The molecule has 2 atom stereocenters. The predicted octanol–water partition coefficient (Wildman–Crippen LogP) is 0.367. The number of nitrogens with zero attached hydrogens (tertiary/aromatic N) is 3. The molecule has 0 radical (unpaired) electrons. The number of aliphatic hydroxyl groups excluding tert-OH is 1. The number of amides is 2. The van der Waals surface area contributed by atoms with E-state index < -0.39 is 17.9 Å². The Balaban J connectivity index is 1.49. The number of carbonyl (C=O) groups is 2. The highest BCUT2D eigenvalue weighted by molar-refractivity contribution is 5.88. The van der Waals surface area contributed by atoms with Gasteiger partial charge in [0.25, 0.3) is 5.91 Å². The molecule has 0 aliphatic carbocycles. The highest BCUT2D eigenvalue weighted by Crippen LogP contribution is 2.20. The Labute approximate surface area is 207 Å². The van der Waals surface area contributed by atoms with E-state index >= 15 is 0 Å². The van der Waals surface area contributed by atoms with Gasteiger partial charge in [0, 0.05) is 52.4 Å². The molecule has 2 amide bonds. The number of hydrogen-bond acceptors (Lipinski definition) is 8. The Bertz CT molecular complexity index is 779. The lowest BCUT2D eigenvalue weighted by molar-refractivity contribution is -0.151. The number of benzene rings is 1. The standard InChI is InChI=1S/C25H40N4O6/c1-2-35-21-8-6-20(7-9-21)4-3-5-22(23(30)24(31)26-33)25(32)29-14-12-27(13-15-29)10-11-28-16-18-34-19-17-28/h6-9,22-23,30,33H,2-5,10-19H2,1H3,(H,26,31)/t22?,23-/m0/s1. The highest BCUT2D eigenvalue weighted by atomic mass is 16.5. The van der Waals surface area contributed by atoms with Gasteiger partial charge in [-0.25, -0.2) is 5.48 Å². The number of rotatable bonds is 12. The summed E-state index contributed by atoms with van der Waals surface area (Å²) in [6.07, 6.45) is 0.0865. The Kier molecular flexibility index (Phi) is 11.2. The third-order valence-electron chi connectivity index (χ3n) is 6.81. The molecule has 2 fully saturated rings. The van der Waals surface area contributed by atoms with Crippen LogP contribution in [0.3, 0.4) is 0 Å². The minimum atomic E-state index is -1.59. The minimum Gasteiger partial charge on any atom is -0.494 e. The first-order chi connectivity index (χ1) is 17.0. The first-order valence-corrected chi connectivity index (χ1v) is 12.7. The summed E-state index contributed by atoms with van der Waals surface area (Å²) in [5, 5.41) is 19.5. The summed E-state index contributed by atoms with van der Waals surface area (Å²) in [6, 6.07) is 7.78. The number of ether oxygens (including phenoxy) is 2. The number of aliphatic hydroxyl groups is 1.